The number of carbonyl (C=O) groups excluding carboxylic acids is 3. The second-order valence-corrected chi connectivity index (χ2v) is 5.56. The lowest BCUT2D eigenvalue weighted by atomic mass is 9.94. The van der Waals surface area contributed by atoms with Crippen molar-refractivity contribution >= 4 is 28.5 Å². The molecule has 0 aliphatic carbocycles. The molecule has 24 heavy (non-hydrogen) atoms. The molecule has 5 nitrogen and oxygen atoms in total. The predicted octanol–water partition coefficient (Wildman–Crippen LogP) is 1.97. The lowest BCUT2D eigenvalue weighted by molar-refractivity contribution is -0.121. The van der Waals surface area contributed by atoms with Crippen LogP contribution in [0.3, 0.4) is 0 Å². The molecule has 2 aromatic carbocycles. The highest BCUT2D eigenvalue weighted by atomic mass is 16.2. The molecule has 3 amide bonds. The molecule has 0 atom stereocenters. The molecule has 120 valence electrons. The average Bonchev–Trinajstić information content (AvgIpc) is 2.60. The van der Waals surface area contributed by atoms with Gasteiger partial charge in [-0.1, -0.05) is 30.2 Å². The third-order valence-corrected chi connectivity index (χ3v) is 4.03. The first-order valence-corrected chi connectivity index (χ1v) is 7.71. The molecule has 0 radical (unpaired) electrons. The first kappa shape index (κ1) is 15.8. The molecule has 0 bridgehead atoms. The zero-order valence-electron chi connectivity index (χ0n) is 13.0. The van der Waals surface area contributed by atoms with Crippen molar-refractivity contribution in [1.82, 2.24) is 10.2 Å². The molecule has 0 saturated heterocycles. The first-order chi connectivity index (χ1) is 11.6. The van der Waals surface area contributed by atoms with Crippen LogP contribution in [0.2, 0.25) is 0 Å². The van der Waals surface area contributed by atoms with Gasteiger partial charge in [0.1, 0.15) is 0 Å². The summed E-state index contributed by atoms with van der Waals surface area (Å²) in [7, 11) is 0. The summed E-state index contributed by atoms with van der Waals surface area (Å²) in [5.74, 6) is 1.51. The van der Waals surface area contributed by atoms with Crippen molar-refractivity contribution in [1.29, 1.82) is 0 Å². The highest BCUT2D eigenvalue weighted by Crippen LogP contribution is 2.29. The largest absolute Gasteiger partial charge is 0.345 e. The lowest BCUT2D eigenvalue weighted by Gasteiger charge is -2.27. The second kappa shape index (κ2) is 6.55. The Morgan fingerprint density at radius 2 is 1.71 bits per heavy atom. The monoisotopic (exact) mass is 320 g/mol. The summed E-state index contributed by atoms with van der Waals surface area (Å²) in [6, 6.07) is 10.8. The average molecular weight is 320 g/mol. The van der Waals surface area contributed by atoms with Crippen LogP contribution in [-0.2, 0) is 4.79 Å². The fraction of sp³-hybridized carbons (Fsp3) is 0.211. The van der Waals surface area contributed by atoms with Crippen LogP contribution in [0.5, 0.6) is 0 Å². The van der Waals surface area contributed by atoms with Gasteiger partial charge in [-0.3, -0.25) is 19.3 Å². The van der Waals surface area contributed by atoms with E-state index < -0.39 is 0 Å². The van der Waals surface area contributed by atoms with E-state index in [-0.39, 0.29) is 37.2 Å². The Bertz CT molecular complexity index is 829. The van der Waals surface area contributed by atoms with Crippen LogP contribution in [0, 0.1) is 12.3 Å². The van der Waals surface area contributed by atoms with Crippen LogP contribution in [-0.4, -0.2) is 35.7 Å². The van der Waals surface area contributed by atoms with E-state index in [4.69, 9.17) is 6.42 Å². The Morgan fingerprint density at radius 1 is 1.08 bits per heavy atom. The molecule has 1 aliphatic heterocycles. The zero-order chi connectivity index (χ0) is 17.1. The highest BCUT2D eigenvalue weighted by molar-refractivity contribution is 6.25. The summed E-state index contributed by atoms with van der Waals surface area (Å²) in [6.45, 7) is 0.377. The number of carbonyl (C=O) groups is 3. The number of hydrogen-bond donors (Lipinski definition) is 1. The van der Waals surface area contributed by atoms with Crippen molar-refractivity contribution in [2.45, 2.75) is 12.8 Å². The van der Waals surface area contributed by atoms with E-state index in [1.165, 1.54) is 4.90 Å². The number of imide groups is 1. The molecule has 1 N–H and O–H groups in total. The molecular weight excluding hydrogens is 304 g/mol. The molecule has 0 fully saturated rings. The maximum Gasteiger partial charge on any atom is 0.261 e. The minimum absolute atomic E-state index is 0.176. The molecule has 1 aliphatic rings. The van der Waals surface area contributed by atoms with Crippen molar-refractivity contribution in [3.8, 4) is 12.3 Å². The molecule has 3 rings (SSSR count). The van der Waals surface area contributed by atoms with Gasteiger partial charge in [0.2, 0.25) is 5.91 Å². The lowest BCUT2D eigenvalue weighted by Crippen LogP contribution is -2.41. The minimum atomic E-state index is -0.312. The first-order valence-electron chi connectivity index (χ1n) is 7.71. The van der Waals surface area contributed by atoms with Gasteiger partial charge in [-0.2, -0.15) is 0 Å². The van der Waals surface area contributed by atoms with Crippen LogP contribution >= 0.6 is 0 Å². The topological polar surface area (TPSA) is 66.5 Å². The third-order valence-electron chi connectivity index (χ3n) is 4.03. The number of benzene rings is 2. The molecular formula is C19H16N2O3. The minimum Gasteiger partial charge on any atom is -0.345 e. The van der Waals surface area contributed by atoms with Crippen LogP contribution in [0.4, 0.5) is 0 Å². The molecule has 0 aromatic heterocycles. The summed E-state index contributed by atoms with van der Waals surface area (Å²) in [6.07, 6.45) is 5.69. The maximum atomic E-state index is 12.6. The standard InChI is InChI=1S/C19H16N2O3/c1-2-11-20-16(22)10-5-12-21-18(23)14-8-3-6-13-7-4-9-15(17(13)14)19(21)24/h1,3-4,6-9H,5,10-12H2,(H,20,22). The van der Waals surface area contributed by atoms with E-state index in [0.29, 0.717) is 22.9 Å². The summed E-state index contributed by atoms with van der Waals surface area (Å²) in [5.41, 5.74) is 1.05. The van der Waals surface area contributed by atoms with Gasteiger partial charge in [0.05, 0.1) is 6.54 Å². The van der Waals surface area contributed by atoms with Gasteiger partial charge in [-0.15, -0.1) is 6.42 Å². The Labute approximate surface area is 139 Å². The van der Waals surface area contributed by atoms with E-state index >= 15 is 0 Å². The number of hydrogen-bond acceptors (Lipinski definition) is 3. The third kappa shape index (κ3) is 2.74. The zero-order valence-corrected chi connectivity index (χ0v) is 13.0. The van der Waals surface area contributed by atoms with Crippen LogP contribution in [0.15, 0.2) is 36.4 Å². The molecule has 0 unspecified atom stereocenters. The van der Waals surface area contributed by atoms with Crippen LogP contribution < -0.4 is 5.32 Å². The van der Waals surface area contributed by atoms with Gasteiger partial charge in [-0.25, -0.2) is 0 Å². The quantitative estimate of drug-likeness (QED) is 0.676. The van der Waals surface area contributed by atoms with E-state index in [1.54, 1.807) is 24.3 Å². The fourth-order valence-corrected chi connectivity index (χ4v) is 2.92. The van der Waals surface area contributed by atoms with E-state index in [0.717, 1.165) is 5.39 Å². The Kier molecular flexibility index (Phi) is 4.30. The van der Waals surface area contributed by atoms with Crippen molar-refractivity contribution < 1.29 is 14.4 Å². The summed E-state index contributed by atoms with van der Waals surface area (Å²) in [4.78, 5) is 38.1. The van der Waals surface area contributed by atoms with E-state index in [9.17, 15) is 14.4 Å². The molecule has 1 heterocycles. The fourth-order valence-electron chi connectivity index (χ4n) is 2.92. The summed E-state index contributed by atoms with van der Waals surface area (Å²) < 4.78 is 0. The van der Waals surface area contributed by atoms with Gasteiger partial charge < -0.3 is 5.32 Å². The summed E-state index contributed by atoms with van der Waals surface area (Å²) in [5, 5.41) is 4.14. The van der Waals surface area contributed by atoms with Crippen molar-refractivity contribution in [2.24, 2.45) is 0 Å². The Balaban J connectivity index is 1.78. The predicted molar refractivity (Wildman–Crippen MR) is 90.4 cm³/mol. The highest BCUT2D eigenvalue weighted by Gasteiger charge is 2.32. The maximum absolute atomic E-state index is 12.6. The molecule has 5 heteroatoms. The van der Waals surface area contributed by atoms with E-state index in [2.05, 4.69) is 11.2 Å². The Hall–Kier alpha value is -3.13. The normalized spacial score (nSPS) is 13.0. The van der Waals surface area contributed by atoms with Crippen LogP contribution in [0.25, 0.3) is 10.8 Å². The van der Waals surface area contributed by atoms with Crippen molar-refractivity contribution in [3.63, 3.8) is 0 Å². The second-order valence-electron chi connectivity index (χ2n) is 5.56. The van der Waals surface area contributed by atoms with Crippen molar-refractivity contribution in [2.75, 3.05) is 13.1 Å². The van der Waals surface area contributed by atoms with Gasteiger partial charge in [-0.05, 0) is 23.9 Å². The molecule has 0 saturated carbocycles. The van der Waals surface area contributed by atoms with E-state index in [1.807, 2.05) is 12.1 Å². The SMILES string of the molecule is C#CCNC(=O)CCCN1C(=O)c2cccc3cccc(c23)C1=O. The smallest absolute Gasteiger partial charge is 0.261 e. The number of rotatable bonds is 5. The van der Waals surface area contributed by atoms with Gasteiger partial charge in [0, 0.05) is 29.5 Å². The summed E-state index contributed by atoms with van der Waals surface area (Å²) >= 11 is 0. The number of terminal acetylenes is 1. The van der Waals surface area contributed by atoms with Crippen LogP contribution in [0.1, 0.15) is 33.6 Å². The molecule has 2 aromatic rings. The number of nitrogens with one attached hydrogen (secondary N) is 1. The van der Waals surface area contributed by atoms with Gasteiger partial charge >= 0.3 is 0 Å². The molecule has 0 spiro atoms. The number of nitrogens with zero attached hydrogens (tertiary/aromatic N) is 1. The van der Waals surface area contributed by atoms with Gasteiger partial charge in [0.15, 0.2) is 0 Å². The Morgan fingerprint density at radius 3 is 2.29 bits per heavy atom. The number of amides is 3. The van der Waals surface area contributed by atoms with Gasteiger partial charge in [0.25, 0.3) is 11.8 Å². The van der Waals surface area contributed by atoms with Crippen molar-refractivity contribution in [3.05, 3.63) is 47.5 Å².